The summed E-state index contributed by atoms with van der Waals surface area (Å²) in [6.45, 7) is 4.69. The van der Waals surface area contributed by atoms with Crippen LogP contribution in [0.3, 0.4) is 0 Å². The van der Waals surface area contributed by atoms with E-state index < -0.39 is 0 Å². The van der Waals surface area contributed by atoms with Crippen LogP contribution in [0.2, 0.25) is 0 Å². The number of halogens is 3. The Bertz CT molecular complexity index is 707. The molecule has 7 heteroatoms. The quantitative estimate of drug-likeness (QED) is 0.831. The second-order valence-corrected chi connectivity index (χ2v) is 6.51. The molecule has 3 rings (SSSR count). The van der Waals surface area contributed by atoms with Crippen molar-refractivity contribution in [2.75, 3.05) is 31.1 Å². The Balaban J connectivity index is 0.00000182. The van der Waals surface area contributed by atoms with E-state index in [0.29, 0.717) is 13.1 Å². The Morgan fingerprint density at radius 2 is 1.52 bits per heavy atom. The summed E-state index contributed by atoms with van der Waals surface area (Å²) >= 11 is 0. The van der Waals surface area contributed by atoms with Gasteiger partial charge in [-0.1, -0.05) is 37.3 Å². The van der Waals surface area contributed by atoms with Crippen LogP contribution in [0, 0.1) is 11.7 Å². The third kappa shape index (κ3) is 5.58. The summed E-state index contributed by atoms with van der Waals surface area (Å²) in [5.41, 5.74) is 8.25. The second kappa shape index (κ2) is 10.5. The van der Waals surface area contributed by atoms with Gasteiger partial charge in [0, 0.05) is 37.9 Å². The second-order valence-electron chi connectivity index (χ2n) is 6.51. The summed E-state index contributed by atoms with van der Waals surface area (Å²) in [6, 6.07) is 15.9. The molecule has 0 bridgehead atoms. The number of nitrogens with zero attached hydrogens (tertiary/aromatic N) is 2. The first-order chi connectivity index (χ1) is 12.1. The molecule has 27 heavy (non-hydrogen) atoms. The van der Waals surface area contributed by atoms with Gasteiger partial charge in [0.15, 0.2) is 0 Å². The fraction of sp³-hybridized carbons (Fsp3) is 0.350. The van der Waals surface area contributed by atoms with Gasteiger partial charge >= 0.3 is 0 Å². The van der Waals surface area contributed by atoms with Crippen LogP contribution in [-0.2, 0) is 4.79 Å². The van der Waals surface area contributed by atoms with Gasteiger partial charge in [-0.15, -0.1) is 24.8 Å². The summed E-state index contributed by atoms with van der Waals surface area (Å²) in [6.07, 6.45) is 0. The van der Waals surface area contributed by atoms with E-state index in [4.69, 9.17) is 5.73 Å². The van der Waals surface area contributed by atoms with Crippen LogP contribution in [-0.4, -0.2) is 37.0 Å². The molecule has 0 radical (unpaired) electrons. The molecule has 1 amide bonds. The number of rotatable bonds is 4. The molecular formula is C20H26Cl2FN3O. The van der Waals surface area contributed by atoms with Crippen molar-refractivity contribution in [3.8, 4) is 0 Å². The number of nitrogens with two attached hydrogens (primary N) is 1. The highest BCUT2D eigenvalue weighted by molar-refractivity contribution is 5.85. The SMILES string of the molecule is CC(C(=O)N1CCN(c2ccc(F)cc2)CC1)C(N)c1ccccc1.Cl.Cl. The van der Waals surface area contributed by atoms with Gasteiger partial charge in [0.25, 0.3) is 0 Å². The van der Waals surface area contributed by atoms with Gasteiger partial charge in [0.05, 0.1) is 5.92 Å². The smallest absolute Gasteiger partial charge is 0.227 e. The van der Waals surface area contributed by atoms with E-state index in [-0.39, 0.29) is 48.5 Å². The van der Waals surface area contributed by atoms with Crippen molar-refractivity contribution in [1.29, 1.82) is 0 Å². The maximum atomic E-state index is 13.0. The standard InChI is InChI=1S/C20H24FN3O.2ClH/c1-15(19(22)16-5-3-2-4-6-16)20(25)24-13-11-23(12-14-24)18-9-7-17(21)8-10-18;;/h2-10,15,19H,11-14,22H2,1H3;2*1H. The first-order valence-corrected chi connectivity index (χ1v) is 8.66. The van der Waals surface area contributed by atoms with Gasteiger partial charge in [-0.3, -0.25) is 4.79 Å². The fourth-order valence-electron chi connectivity index (χ4n) is 3.24. The Hall–Kier alpha value is -1.82. The van der Waals surface area contributed by atoms with Crippen LogP contribution in [0.25, 0.3) is 0 Å². The van der Waals surface area contributed by atoms with Crippen LogP contribution >= 0.6 is 24.8 Å². The number of benzene rings is 2. The molecule has 2 aromatic carbocycles. The van der Waals surface area contributed by atoms with Crippen LogP contribution in [0.1, 0.15) is 18.5 Å². The van der Waals surface area contributed by atoms with Crippen LogP contribution in [0.15, 0.2) is 54.6 Å². The number of hydrogen-bond donors (Lipinski definition) is 1. The van der Waals surface area contributed by atoms with E-state index in [1.807, 2.05) is 42.2 Å². The Labute approximate surface area is 172 Å². The molecule has 0 saturated carbocycles. The zero-order chi connectivity index (χ0) is 17.8. The fourth-order valence-corrected chi connectivity index (χ4v) is 3.24. The van der Waals surface area contributed by atoms with E-state index in [1.54, 1.807) is 12.1 Å². The minimum Gasteiger partial charge on any atom is -0.368 e. The van der Waals surface area contributed by atoms with Gasteiger partial charge in [0.2, 0.25) is 5.91 Å². The highest BCUT2D eigenvalue weighted by atomic mass is 35.5. The van der Waals surface area contributed by atoms with E-state index in [0.717, 1.165) is 24.3 Å². The number of carbonyl (C=O) groups excluding carboxylic acids is 1. The average Bonchev–Trinajstić information content (AvgIpc) is 2.67. The average molecular weight is 414 g/mol. The number of hydrogen-bond acceptors (Lipinski definition) is 3. The third-order valence-electron chi connectivity index (χ3n) is 4.90. The molecule has 4 nitrogen and oxygen atoms in total. The number of anilines is 1. The van der Waals surface area contributed by atoms with Crippen molar-refractivity contribution >= 4 is 36.4 Å². The maximum Gasteiger partial charge on any atom is 0.227 e. The molecule has 0 spiro atoms. The predicted molar refractivity (Wildman–Crippen MR) is 112 cm³/mol. The molecular weight excluding hydrogens is 388 g/mol. The first-order valence-electron chi connectivity index (χ1n) is 8.66. The van der Waals surface area contributed by atoms with Crippen LogP contribution in [0.4, 0.5) is 10.1 Å². The van der Waals surface area contributed by atoms with Crippen molar-refractivity contribution in [2.45, 2.75) is 13.0 Å². The van der Waals surface area contributed by atoms with Gasteiger partial charge in [-0.25, -0.2) is 4.39 Å². The number of carbonyl (C=O) groups is 1. The molecule has 1 aliphatic heterocycles. The van der Waals surface area contributed by atoms with Crippen molar-refractivity contribution in [3.05, 3.63) is 66.0 Å². The topological polar surface area (TPSA) is 49.6 Å². The summed E-state index contributed by atoms with van der Waals surface area (Å²) in [5, 5.41) is 0. The zero-order valence-corrected chi connectivity index (χ0v) is 16.9. The Morgan fingerprint density at radius 3 is 2.07 bits per heavy atom. The summed E-state index contributed by atoms with van der Waals surface area (Å²) in [5.74, 6) is -0.406. The van der Waals surface area contributed by atoms with Gasteiger partial charge < -0.3 is 15.5 Å². The van der Waals surface area contributed by atoms with E-state index in [9.17, 15) is 9.18 Å². The Morgan fingerprint density at radius 1 is 0.963 bits per heavy atom. The van der Waals surface area contributed by atoms with Crippen molar-refractivity contribution < 1.29 is 9.18 Å². The minimum absolute atomic E-state index is 0. The molecule has 2 atom stereocenters. The summed E-state index contributed by atoms with van der Waals surface area (Å²) in [4.78, 5) is 16.8. The first kappa shape index (κ1) is 23.2. The third-order valence-corrected chi connectivity index (χ3v) is 4.90. The monoisotopic (exact) mass is 413 g/mol. The van der Waals surface area contributed by atoms with Crippen molar-refractivity contribution in [3.63, 3.8) is 0 Å². The predicted octanol–water partition coefficient (Wildman–Crippen LogP) is 3.65. The van der Waals surface area contributed by atoms with Crippen LogP contribution in [0.5, 0.6) is 0 Å². The normalized spacial score (nSPS) is 16.0. The molecule has 0 aromatic heterocycles. The highest BCUT2D eigenvalue weighted by Gasteiger charge is 2.29. The number of amides is 1. The molecule has 1 fully saturated rings. The maximum absolute atomic E-state index is 13.0. The molecule has 2 unspecified atom stereocenters. The Kier molecular flexibility index (Phi) is 9.03. The largest absolute Gasteiger partial charge is 0.368 e. The van der Waals surface area contributed by atoms with Crippen LogP contribution < -0.4 is 10.6 Å². The van der Waals surface area contributed by atoms with Gasteiger partial charge in [-0.05, 0) is 29.8 Å². The summed E-state index contributed by atoms with van der Waals surface area (Å²) < 4.78 is 13.0. The molecule has 148 valence electrons. The van der Waals surface area contributed by atoms with Gasteiger partial charge in [-0.2, -0.15) is 0 Å². The molecule has 2 N–H and O–H groups in total. The lowest BCUT2D eigenvalue weighted by atomic mass is 9.94. The van der Waals surface area contributed by atoms with E-state index in [2.05, 4.69) is 4.90 Å². The molecule has 1 aliphatic rings. The molecule has 0 aliphatic carbocycles. The van der Waals surface area contributed by atoms with E-state index >= 15 is 0 Å². The lowest BCUT2D eigenvalue weighted by Crippen LogP contribution is -2.51. The number of piperazine rings is 1. The molecule has 1 heterocycles. The molecule has 2 aromatic rings. The minimum atomic E-state index is -0.302. The van der Waals surface area contributed by atoms with E-state index in [1.165, 1.54) is 12.1 Å². The van der Waals surface area contributed by atoms with Crippen molar-refractivity contribution in [1.82, 2.24) is 4.90 Å². The lowest BCUT2D eigenvalue weighted by Gasteiger charge is -2.38. The van der Waals surface area contributed by atoms with Gasteiger partial charge in [0.1, 0.15) is 5.82 Å². The highest BCUT2D eigenvalue weighted by Crippen LogP contribution is 2.23. The summed E-state index contributed by atoms with van der Waals surface area (Å²) in [7, 11) is 0. The lowest BCUT2D eigenvalue weighted by molar-refractivity contribution is -0.136. The zero-order valence-electron chi connectivity index (χ0n) is 15.3. The van der Waals surface area contributed by atoms with Crippen molar-refractivity contribution in [2.24, 2.45) is 11.7 Å². The molecule has 1 saturated heterocycles.